The highest BCUT2D eigenvalue weighted by Crippen LogP contribution is 2.30. The highest BCUT2D eigenvalue weighted by atomic mass is 35.5. The molecule has 3 nitrogen and oxygen atoms in total. The van der Waals surface area contributed by atoms with E-state index in [4.69, 9.17) is 16.0 Å². The molecular formula is C14H19ClN2O. The third-order valence-corrected chi connectivity index (χ3v) is 3.37. The summed E-state index contributed by atoms with van der Waals surface area (Å²) in [5.41, 5.74) is 0.777. The van der Waals surface area contributed by atoms with Gasteiger partial charge >= 0.3 is 0 Å². The van der Waals surface area contributed by atoms with Gasteiger partial charge in [0.15, 0.2) is 5.58 Å². The van der Waals surface area contributed by atoms with Crippen molar-refractivity contribution >= 4 is 22.6 Å². The fraction of sp³-hybridized carbons (Fsp3) is 0.429. The van der Waals surface area contributed by atoms with Crippen LogP contribution < -0.4 is 5.32 Å². The maximum atomic E-state index is 6.12. The Morgan fingerprint density at radius 3 is 2.78 bits per heavy atom. The molecular weight excluding hydrogens is 248 g/mol. The van der Waals surface area contributed by atoms with E-state index >= 15 is 0 Å². The number of para-hydroxylation sites is 1. The van der Waals surface area contributed by atoms with Crippen molar-refractivity contribution in [2.45, 2.75) is 12.5 Å². The topological polar surface area (TPSA) is 28.4 Å². The third kappa shape index (κ3) is 2.86. The molecule has 1 aromatic carbocycles. The first-order chi connectivity index (χ1) is 8.61. The zero-order valence-corrected chi connectivity index (χ0v) is 11.8. The number of halogens is 1. The van der Waals surface area contributed by atoms with Crippen LogP contribution in [0.5, 0.6) is 0 Å². The van der Waals surface area contributed by atoms with Crippen LogP contribution in [0.4, 0.5) is 0 Å². The van der Waals surface area contributed by atoms with Crippen LogP contribution in [0, 0.1) is 0 Å². The van der Waals surface area contributed by atoms with Crippen LogP contribution in [0.2, 0.25) is 5.02 Å². The molecule has 18 heavy (non-hydrogen) atoms. The lowest BCUT2D eigenvalue weighted by Gasteiger charge is -2.16. The second-order valence-electron chi connectivity index (χ2n) is 4.74. The molecule has 1 heterocycles. The van der Waals surface area contributed by atoms with Crippen molar-refractivity contribution in [3.8, 4) is 0 Å². The monoisotopic (exact) mass is 266 g/mol. The summed E-state index contributed by atoms with van der Waals surface area (Å²) in [6.07, 6.45) is 1.00. The predicted molar refractivity (Wildman–Crippen MR) is 76.2 cm³/mol. The summed E-state index contributed by atoms with van der Waals surface area (Å²) in [5.74, 6) is 0.947. The summed E-state index contributed by atoms with van der Waals surface area (Å²) in [6, 6.07) is 8.10. The fourth-order valence-electron chi connectivity index (χ4n) is 2.04. The molecule has 0 radical (unpaired) electrons. The summed E-state index contributed by atoms with van der Waals surface area (Å²) in [4.78, 5) is 2.17. The molecule has 0 amide bonds. The number of furan rings is 1. The lowest BCUT2D eigenvalue weighted by Crippen LogP contribution is -2.22. The molecule has 2 rings (SSSR count). The lowest BCUT2D eigenvalue weighted by atomic mass is 10.1. The van der Waals surface area contributed by atoms with E-state index in [0.717, 1.165) is 29.7 Å². The number of fused-ring (bicyclic) bond motifs is 1. The van der Waals surface area contributed by atoms with E-state index in [0.29, 0.717) is 5.02 Å². The molecule has 1 aromatic heterocycles. The highest BCUT2D eigenvalue weighted by molar-refractivity contribution is 6.34. The van der Waals surface area contributed by atoms with Gasteiger partial charge in [0, 0.05) is 5.39 Å². The Balaban J connectivity index is 2.25. The maximum Gasteiger partial charge on any atom is 0.152 e. The Hall–Kier alpha value is -1.03. The van der Waals surface area contributed by atoms with Gasteiger partial charge in [-0.2, -0.15) is 0 Å². The van der Waals surface area contributed by atoms with Gasteiger partial charge in [-0.15, -0.1) is 0 Å². The summed E-state index contributed by atoms with van der Waals surface area (Å²) >= 11 is 6.12. The number of nitrogens with zero attached hydrogens (tertiary/aromatic N) is 1. The largest absolute Gasteiger partial charge is 0.458 e. The van der Waals surface area contributed by atoms with E-state index in [9.17, 15) is 0 Å². The first kappa shape index (κ1) is 13.4. The quantitative estimate of drug-likeness (QED) is 0.900. The lowest BCUT2D eigenvalue weighted by molar-refractivity contribution is 0.346. The van der Waals surface area contributed by atoms with E-state index in [1.807, 2.05) is 25.2 Å². The average molecular weight is 267 g/mol. The number of hydrogen-bond acceptors (Lipinski definition) is 3. The molecule has 0 aliphatic rings. The van der Waals surface area contributed by atoms with Gasteiger partial charge < -0.3 is 14.6 Å². The van der Waals surface area contributed by atoms with E-state index in [2.05, 4.69) is 30.4 Å². The zero-order valence-electron chi connectivity index (χ0n) is 11.0. The van der Waals surface area contributed by atoms with E-state index in [1.54, 1.807) is 0 Å². The molecule has 0 fully saturated rings. The first-order valence-electron chi connectivity index (χ1n) is 6.11. The second kappa shape index (κ2) is 5.74. The molecule has 2 aromatic rings. The van der Waals surface area contributed by atoms with E-state index < -0.39 is 0 Å². The molecule has 4 heteroatoms. The molecule has 0 saturated heterocycles. The minimum absolute atomic E-state index is 0.218. The minimum Gasteiger partial charge on any atom is -0.458 e. The van der Waals surface area contributed by atoms with Crippen LogP contribution in [-0.2, 0) is 0 Å². The van der Waals surface area contributed by atoms with Gasteiger partial charge in [0.05, 0.1) is 11.1 Å². The number of hydrogen-bond donors (Lipinski definition) is 1. The fourth-order valence-corrected chi connectivity index (χ4v) is 2.26. The van der Waals surface area contributed by atoms with Gasteiger partial charge in [0.2, 0.25) is 0 Å². The van der Waals surface area contributed by atoms with Crippen molar-refractivity contribution in [3.63, 3.8) is 0 Å². The van der Waals surface area contributed by atoms with Gasteiger partial charge in [-0.1, -0.05) is 23.7 Å². The Bertz CT molecular complexity index is 521. The SMILES string of the molecule is CNC(CCN(C)C)c1cc2cccc(Cl)c2o1. The molecule has 1 unspecified atom stereocenters. The summed E-state index contributed by atoms with van der Waals surface area (Å²) in [6.45, 7) is 1.01. The summed E-state index contributed by atoms with van der Waals surface area (Å²) in [7, 11) is 6.10. The highest BCUT2D eigenvalue weighted by Gasteiger charge is 2.15. The summed E-state index contributed by atoms with van der Waals surface area (Å²) in [5, 5.41) is 5.02. The number of nitrogens with one attached hydrogen (secondary N) is 1. The average Bonchev–Trinajstić information content (AvgIpc) is 2.75. The van der Waals surface area contributed by atoms with Crippen LogP contribution in [-0.4, -0.2) is 32.6 Å². The smallest absolute Gasteiger partial charge is 0.152 e. The third-order valence-electron chi connectivity index (χ3n) is 3.07. The van der Waals surface area contributed by atoms with Crippen LogP contribution in [0.15, 0.2) is 28.7 Å². The maximum absolute atomic E-state index is 6.12. The molecule has 0 aliphatic carbocycles. The number of rotatable bonds is 5. The van der Waals surface area contributed by atoms with Gasteiger partial charge in [-0.3, -0.25) is 0 Å². The Labute approximate surface area is 113 Å². The molecule has 0 spiro atoms. The van der Waals surface area contributed by atoms with Crippen molar-refractivity contribution in [1.82, 2.24) is 10.2 Å². The van der Waals surface area contributed by atoms with Gasteiger partial charge in [-0.05, 0) is 46.2 Å². The van der Waals surface area contributed by atoms with E-state index in [-0.39, 0.29) is 6.04 Å². The van der Waals surface area contributed by atoms with E-state index in [1.165, 1.54) is 0 Å². The molecule has 98 valence electrons. The first-order valence-corrected chi connectivity index (χ1v) is 6.49. The van der Waals surface area contributed by atoms with Gasteiger partial charge in [0.1, 0.15) is 5.76 Å². The van der Waals surface area contributed by atoms with Gasteiger partial charge in [-0.25, -0.2) is 0 Å². The van der Waals surface area contributed by atoms with Gasteiger partial charge in [0.25, 0.3) is 0 Å². The standard InChI is InChI=1S/C14H19ClN2O/c1-16-12(7-8-17(2)3)13-9-10-5-4-6-11(15)14(10)18-13/h4-6,9,12,16H,7-8H2,1-3H3. The van der Waals surface area contributed by atoms with Crippen LogP contribution in [0.3, 0.4) is 0 Å². The van der Waals surface area contributed by atoms with Crippen molar-refractivity contribution < 1.29 is 4.42 Å². The minimum atomic E-state index is 0.218. The van der Waals surface area contributed by atoms with Crippen molar-refractivity contribution in [2.24, 2.45) is 0 Å². The predicted octanol–water partition coefficient (Wildman–Crippen LogP) is 3.30. The van der Waals surface area contributed by atoms with Crippen LogP contribution in [0.1, 0.15) is 18.2 Å². The molecule has 0 saturated carbocycles. The Morgan fingerprint density at radius 2 is 2.17 bits per heavy atom. The van der Waals surface area contributed by atoms with Crippen molar-refractivity contribution in [1.29, 1.82) is 0 Å². The Morgan fingerprint density at radius 1 is 1.39 bits per heavy atom. The molecule has 1 atom stereocenters. The number of benzene rings is 1. The van der Waals surface area contributed by atoms with Crippen LogP contribution in [0.25, 0.3) is 11.0 Å². The Kier molecular flexibility index (Phi) is 4.27. The van der Waals surface area contributed by atoms with Crippen molar-refractivity contribution in [2.75, 3.05) is 27.7 Å². The summed E-state index contributed by atoms with van der Waals surface area (Å²) < 4.78 is 5.87. The normalized spacial score (nSPS) is 13.4. The van der Waals surface area contributed by atoms with Crippen LogP contribution >= 0.6 is 11.6 Å². The van der Waals surface area contributed by atoms with Crippen molar-refractivity contribution in [3.05, 3.63) is 35.0 Å². The zero-order chi connectivity index (χ0) is 13.1. The molecule has 0 aliphatic heterocycles. The molecule has 0 bridgehead atoms. The second-order valence-corrected chi connectivity index (χ2v) is 5.15. The molecule has 1 N–H and O–H groups in total.